The van der Waals surface area contributed by atoms with E-state index in [-0.39, 0.29) is 12.3 Å². The topological polar surface area (TPSA) is 11.4 Å². The van der Waals surface area contributed by atoms with Crippen LogP contribution in [-0.2, 0) is 10.8 Å². The third-order valence-electron chi connectivity index (χ3n) is 21.6. The largest absolute Gasteiger partial charge is 0.375 e. The predicted molar refractivity (Wildman–Crippen MR) is 325 cm³/mol. The fourth-order valence-electron chi connectivity index (χ4n) is 19.3. The van der Waals surface area contributed by atoms with Gasteiger partial charge >= 0.3 is 6.85 Å². The van der Waals surface area contributed by atoms with Gasteiger partial charge in [-0.15, -0.1) is 0 Å². The maximum absolute atomic E-state index is 2.87. The van der Waals surface area contributed by atoms with E-state index in [9.17, 15) is 0 Å². The second kappa shape index (κ2) is 16.5. The van der Waals surface area contributed by atoms with E-state index in [0.29, 0.717) is 5.41 Å². The van der Waals surface area contributed by atoms with E-state index in [1.165, 1.54) is 166 Å². The lowest BCUT2D eigenvalue weighted by Gasteiger charge is -2.57. The standard InChI is InChI=1S/C74H64BN3/c1-5-13-53(14-6-1)55-21-25-61(26-22-55)77-69-27-23-56(54-15-7-2-8-16-54)35-67(69)75-71-64(39-62(40-70(71)77)76(59-17-9-3-10-18-59)60-19-11-4-12-20-60)66-38-58(74-44-50-32-51(45-74)34-52(33-50)46-74)37-65-63-36-57(24-28-68(63)78(75)72(65)66)73-41-47-29-48(42-73)31-49(30-47)43-73/h1-28,35-40,47-52H,29-34,41-46H2. The summed E-state index contributed by atoms with van der Waals surface area (Å²) in [5.74, 6) is 5.26. The highest BCUT2D eigenvalue weighted by molar-refractivity contribution is 6.90. The van der Waals surface area contributed by atoms with E-state index in [2.05, 4.69) is 221 Å². The number of hydrogen-bond donors (Lipinski definition) is 0. The number of fused-ring (bicyclic) bond motifs is 7. The number of benzene rings is 9. The third-order valence-corrected chi connectivity index (χ3v) is 21.6. The van der Waals surface area contributed by atoms with Gasteiger partial charge in [0.05, 0.1) is 0 Å². The zero-order valence-corrected chi connectivity index (χ0v) is 44.5. The number of nitrogens with zero attached hydrogens (tertiary/aromatic N) is 3. The van der Waals surface area contributed by atoms with Crippen LogP contribution in [0.3, 0.4) is 0 Å². The van der Waals surface area contributed by atoms with Gasteiger partial charge in [-0.25, -0.2) is 0 Å². The number of rotatable bonds is 8. The lowest BCUT2D eigenvalue weighted by Crippen LogP contribution is -2.56. The molecule has 8 saturated carbocycles. The maximum Gasteiger partial charge on any atom is 0.333 e. The molecule has 10 aliphatic rings. The molecule has 1 aromatic heterocycles. The second-order valence-corrected chi connectivity index (χ2v) is 26.1. The summed E-state index contributed by atoms with van der Waals surface area (Å²) in [6.45, 7) is -0.0623. The molecule has 0 amide bonds. The van der Waals surface area contributed by atoms with Gasteiger partial charge in [0.25, 0.3) is 0 Å². The Hall–Kier alpha value is -7.56. The van der Waals surface area contributed by atoms with Crippen molar-refractivity contribution in [3.8, 4) is 33.4 Å². The van der Waals surface area contributed by atoms with Crippen LogP contribution in [0, 0.1) is 35.5 Å². The van der Waals surface area contributed by atoms with Gasteiger partial charge in [0.1, 0.15) is 0 Å². The average Bonchev–Trinajstić information content (AvgIpc) is 3.08. The van der Waals surface area contributed by atoms with Gasteiger partial charge in [0, 0.05) is 61.5 Å². The first-order valence-corrected chi connectivity index (χ1v) is 29.8. The molecule has 8 bridgehead atoms. The van der Waals surface area contributed by atoms with Gasteiger partial charge in [-0.2, -0.15) is 0 Å². The molecule has 8 aliphatic carbocycles. The summed E-state index contributed by atoms with van der Waals surface area (Å²) >= 11 is 0. The molecule has 378 valence electrons. The van der Waals surface area contributed by atoms with Crippen LogP contribution in [0.15, 0.2) is 206 Å². The van der Waals surface area contributed by atoms with Crippen molar-refractivity contribution in [2.75, 3.05) is 9.80 Å². The highest BCUT2D eigenvalue weighted by atomic mass is 15.2. The summed E-state index contributed by atoms with van der Waals surface area (Å²) in [5.41, 5.74) is 24.3. The molecule has 3 nitrogen and oxygen atoms in total. The van der Waals surface area contributed by atoms with Gasteiger partial charge in [-0.1, -0.05) is 127 Å². The quantitative estimate of drug-likeness (QED) is 0.141. The predicted octanol–water partition coefficient (Wildman–Crippen LogP) is 18.0. The Balaban J connectivity index is 0.954. The Kier molecular flexibility index (Phi) is 9.39. The van der Waals surface area contributed by atoms with Crippen molar-refractivity contribution < 1.29 is 0 Å². The molecule has 0 N–H and O–H groups in total. The van der Waals surface area contributed by atoms with Crippen molar-refractivity contribution in [1.29, 1.82) is 0 Å². The van der Waals surface area contributed by atoms with Crippen molar-refractivity contribution in [1.82, 2.24) is 4.48 Å². The average molecular weight is 1010 g/mol. The highest BCUT2D eigenvalue weighted by Gasteiger charge is 2.54. The molecule has 3 heterocycles. The van der Waals surface area contributed by atoms with E-state index in [4.69, 9.17) is 0 Å². The van der Waals surface area contributed by atoms with Crippen LogP contribution in [0.5, 0.6) is 0 Å². The molecule has 0 atom stereocenters. The zero-order valence-electron chi connectivity index (χ0n) is 44.5. The van der Waals surface area contributed by atoms with E-state index in [1.807, 2.05) is 0 Å². The molecule has 9 aromatic carbocycles. The van der Waals surface area contributed by atoms with E-state index >= 15 is 0 Å². The smallest absolute Gasteiger partial charge is 0.333 e. The Morgan fingerprint density at radius 2 is 0.885 bits per heavy atom. The molecule has 0 saturated heterocycles. The summed E-state index contributed by atoms with van der Waals surface area (Å²) in [7, 11) is 0. The monoisotopic (exact) mass is 1010 g/mol. The number of aromatic nitrogens is 1. The van der Waals surface area contributed by atoms with Crippen molar-refractivity contribution in [3.63, 3.8) is 0 Å². The third kappa shape index (κ3) is 6.52. The SMILES string of the molecule is c1ccc(-c2ccc(N3c4ccc(-c5ccccc5)cc4B4c5c(cc(N(c6ccccc6)c6ccccc6)cc53)-c3cc(C56CC7CC(CC(C7)C5)C6)cc5c6cc(C78CC9CC(CC(C9)C7)C8)ccc6n4c35)cc2)cc1. The molecule has 8 fully saturated rings. The number of anilines is 6. The van der Waals surface area contributed by atoms with Crippen LogP contribution in [0.2, 0.25) is 0 Å². The number of para-hydroxylation sites is 2. The molecular weight excluding hydrogens is 942 g/mol. The zero-order chi connectivity index (χ0) is 50.8. The van der Waals surface area contributed by atoms with Gasteiger partial charge in [0.2, 0.25) is 0 Å². The van der Waals surface area contributed by atoms with E-state index in [1.54, 1.807) is 11.1 Å². The lowest BCUT2D eigenvalue weighted by molar-refractivity contribution is -0.00527. The summed E-state index contributed by atoms with van der Waals surface area (Å²) in [6, 6.07) is 79.8. The van der Waals surface area contributed by atoms with Crippen molar-refractivity contribution in [3.05, 3.63) is 217 Å². The molecular formula is C74H64BN3. The van der Waals surface area contributed by atoms with E-state index < -0.39 is 0 Å². The molecule has 20 rings (SSSR count). The van der Waals surface area contributed by atoms with Crippen LogP contribution < -0.4 is 20.7 Å². The van der Waals surface area contributed by atoms with Crippen LogP contribution in [0.4, 0.5) is 34.1 Å². The van der Waals surface area contributed by atoms with Crippen LogP contribution in [-0.4, -0.2) is 11.3 Å². The Morgan fingerprint density at radius 1 is 0.385 bits per heavy atom. The van der Waals surface area contributed by atoms with Crippen LogP contribution in [0.1, 0.15) is 88.2 Å². The molecule has 4 heteroatoms. The summed E-state index contributed by atoms with van der Waals surface area (Å²) in [6.07, 6.45) is 16.9. The molecule has 10 aromatic rings. The Labute approximate surface area is 459 Å². The first-order chi connectivity index (χ1) is 38.5. The molecule has 0 radical (unpaired) electrons. The van der Waals surface area contributed by atoms with Gasteiger partial charge in [-0.3, -0.25) is 0 Å². The molecule has 2 aliphatic heterocycles. The fourth-order valence-corrected chi connectivity index (χ4v) is 19.3. The minimum atomic E-state index is -0.0623. The van der Waals surface area contributed by atoms with Gasteiger partial charge in [-0.05, 0) is 252 Å². The molecule has 0 spiro atoms. The Morgan fingerprint density at radius 3 is 1.46 bits per heavy atom. The minimum Gasteiger partial charge on any atom is -0.375 e. The highest BCUT2D eigenvalue weighted by Crippen LogP contribution is 2.64. The maximum atomic E-state index is 2.87. The van der Waals surface area contributed by atoms with Gasteiger partial charge in [0.15, 0.2) is 0 Å². The summed E-state index contributed by atoms with van der Waals surface area (Å²) < 4.78 is 2.87. The molecule has 78 heavy (non-hydrogen) atoms. The van der Waals surface area contributed by atoms with Crippen LogP contribution in [0.25, 0.3) is 55.2 Å². The lowest BCUT2D eigenvalue weighted by atomic mass is 9.44. The molecule has 0 unspecified atom stereocenters. The summed E-state index contributed by atoms with van der Waals surface area (Å²) in [4.78, 5) is 5.15. The first-order valence-electron chi connectivity index (χ1n) is 29.8. The van der Waals surface area contributed by atoms with Crippen molar-refractivity contribution in [2.24, 2.45) is 35.5 Å². The second-order valence-electron chi connectivity index (χ2n) is 26.1. The van der Waals surface area contributed by atoms with E-state index in [0.717, 1.165) is 46.9 Å². The Bertz CT molecular complexity index is 3940. The summed E-state index contributed by atoms with van der Waals surface area (Å²) in [5, 5.41) is 2.97. The fraction of sp³-hybridized carbons (Fsp3) is 0.270. The van der Waals surface area contributed by atoms with Gasteiger partial charge < -0.3 is 14.3 Å². The van der Waals surface area contributed by atoms with Crippen molar-refractivity contribution >= 4 is 73.7 Å². The minimum absolute atomic E-state index is 0.0623. The van der Waals surface area contributed by atoms with Crippen LogP contribution >= 0.6 is 0 Å². The normalized spacial score (nSPS) is 26.4. The first kappa shape index (κ1) is 44.4. The van der Waals surface area contributed by atoms with Crippen molar-refractivity contribution in [2.45, 2.75) is 87.9 Å². The number of hydrogen-bond acceptors (Lipinski definition) is 2.